The lowest BCUT2D eigenvalue weighted by Crippen LogP contribution is -2.41. The Labute approximate surface area is 124 Å². The molecule has 2 atom stereocenters. The maximum Gasteiger partial charge on any atom is 0.323 e. The SMILES string of the molecule is CNC(=O)N(/C=C\C=O)C1CCC(COC(=O)C(C)C)O1. The van der Waals surface area contributed by atoms with E-state index in [-0.39, 0.29) is 30.6 Å². The smallest absolute Gasteiger partial charge is 0.323 e. The molecule has 7 heteroatoms. The van der Waals surface area contributed by atoms with E-state index >= 15 is 0 Å². The summed E-state index contributed by atoms with van der Waals surface area (Å²) in [5.74, 6) is -0.453. The van der Waals surface area contributed by atoms with E-state index in [9.17, 15) is 14.4 Å². The van der Waals surface area contributed by atoms with Gasteiger partial charge in [0.25, 0.3) is 0 Å². The number of aldehydes is 1. The highest BCUT2D eigenvalue weighted by molar-refractivity contribution is 5.76. The number of ether oxygens (including phenoxy) is 2. The van der Waals surface area contributed by atoms with Gasteiger partial charge in [-0.3, -0.25) is 14.5 Å². The number of urea groups is 1. The number of allylic oxidation sites excluding steroid dienone is 1. The predicted octanol–water partition coefficient (Wildman–Crippen LogP) is 1.04. The number of esters is 1. The molecule has 1 saturated heterocycles. The van der Waals surface area contributed by atoms with Crippen LogP contribution in [0.2, 0.25) is 0 Å². The molecule has 1 N–H and O–H groups in total. The third-order valence-corrected chi connectivity index (χ3v) is 3.05. The molecule has 0 aromatic heterocycles. The second kappa shape index (κ2) is 8.41. The molecule has 0 aliphatic carbocycles. The summed E-state index contributed by atoms with van der Waals surface area (Å²) in [4.78, 5) is 34.9. The second-order valence-electron chi connectivity index (χ2n) is 5.01. The van der Waals surface area contributed by atoms with Crippen LogP contribution < -0.4 is 5.32 Å². The normalized spacial score (nSPS) is 21.5. The van der Waals surface area contributed by atoms with Gasteiger partial charge in [0.1, 0.15) is 19.1 Å². The maximum absolute atomic E-state index is 11.7. The van der Waals surface area contributed by atoms with Crippen LogP contribution in [0.1, 0.15) is 26.7 Å². The first-order valence-corrected chi connectivity index (χ1v) is 6.93. The Hall–Kier alpha value is -1.89. The first kappa shape index (κ1) is 17.2. The fraction of sp³-hybridized carbons (Fsp3) is 0.643. The van der Waals surface area contributed by atoms with Crippen molar-refractivity contribution in [1.29, 1.82) is 0 Å². The minimum atomic E-state index is -0.469. The van der Waals surface area contributed by atoms with Crippen molar-refractivity contribution >= 4 is 18.3 Å². The Morgan fingerprint density at radius 1 is 1.43 bits per heavy atom. The number of amides is 2. The molecule has 0 spiro atoms. The number of rotatable bonds is 6. The summed E-state index contributed by atoms with van der Waals surface area (Å²) in [6.45, 7) is 3.70. The van der Waals surface area contributed by atoms with Crippen molar-refractivity contribution in [1.82, 2.24) is 10.2 Å². The molecule has 0 aromatic carbocycles. The summed E-state index contributed by atoms with van der Waals surface area (Å²) in [7, 11) is 1.50. The number of carbonyl (C=O) groups excluding carboxylic acids is 3. The van der Waals surface area contributed by atoms with Gasteiger partial charge in [-0.15, -0.1) is 0 Å². The lowest BCUT2D eigenvalue weighted by molar-refractivity contribution is -0.152. The van der Waals surface area contributed by atoms with E-state index < -0.39 is 6.23 Å². The molecule has 0 bridgehead atoms. The zero-order valence-corrected chi connectivity index (χ0v) is 12.6. The Balaban J connectivity index is 2.54. The summed E-state index contributed by atoms with van der Waals surface area (Å²) in [6, 6.07) is -0.363. The second-order valence-corrected chi connectivity index (χ2v) is 5.01. The Bertz CT molecular complexity index is 408. The number of hydrogen-bond acceptors (Lipinski definition) is 5. The number of hydrogen-bond donors (Lipinski definition) is 1. The number of nitrogens with zero attached hydrogens (tertiary/aromatic N) is 1. The van der Waals surface area contributed by atoms with E-state index in [1.165, 1.54) is 24.2 Å². The largest absolute Gasteiger partial charge is 0.463 e. The number of nitrogens with one attached hydrogen (secondary N) is 1. The van der Waals surface area contributed by atoms with Gasteiger partial charge in [-0.2, -0.15) is 0 Å². The third kappa shape index (κ3) is 5.18. The standard InChI is InChI=1S/C14H22N2O5/c1-10(2)13(18)20-9-11-5-6-12(21-11)16(7-4-8-17)14(19)15-3/h4,7-8,10-12H,5-6,9H2,1-3H3,(H,15,19)/b7-4-. The van der Waals surface area contributed by atoms with E-state index in [0.29, 0.717) is 19.1 Å². The van der Waals surface area contributed by atoms with Crippen LogP contribution in [0.4, 0.5) is 4.79 Å². The Morgan fingerprint density at radius 3 is 2.71 bits per heavy atom. The van der Waals surface area contributed by atoms with Gasteiger partial charge in [0.2, 0.25) is 0 Å². The highest BCUT2D eigenvalue weighted by Gasteiger charge is 2.32. The first-order chi connectivity index (χ1) is 9.99. The average molecular weight is 298 g/mol. The van der Waals surface area contributed by atoms with E-state index in [1.807, 2.05) is 0 Å². The molecule has 2 unspecified atom stereocenters. The van der Waals surface area contributed by atoms with Crippen LogP contribution in [0.25, 0.3) is 0 Å². The molecule has 1 fully saturated rings. The fourth-order valence-corrected chi connectivity index (χ4v) is 1.91. The van der Waals surface area contributed by atoms with Crippen molar-refractivity contribution in [3.8, 4) is 0 Å². The molecule has 118 valence electrons. The van der Waals surface area contributed by atoms with Crippen LogP contribution in [-0.2, 0) is 19.1 Å². The fourth-order valence-electron chi connectivity index (χ4n) is 1.91. The first-order valence-electron chi connectivity index (χ1n) is 6.93. The van der Waals surface area contributed by atoms with Crippen molar-refractivity contribution in [2.45, 2.75) is 39.0 Å². The maximum atomic E-state index is 11.7. The minimum Gasteiger partial charge on any atom is -0.463 e. The Morgan fingerprint density at radius 2 is 2.14 bits per heavy atom. The van der Waals surface area contributed by atoms with Gasteiger partial charge in [-0.25, -0.2) is 4.79 Å². The lowest BCUT2D eigenvalue weighted by Gasteiger charge is -2.25. The van der Waals surface area contributed by atoms with E-state index in [4.69, 9.17) is 9.47 Å². The average Bonchev–Trinajstić information content (AvgIpc) is 2.93. The Kier molecular flexibility index (Phi) is 6.87. The molecule has 21 heavy (non-hydrogen) atoms. The monoisotopic (exact) mass is 298 g/mol. The molecule has 7 nitrogen and oxygen atoms in total. The molecule has 0 aromatic rings. The van der Waals surface area contributed by atoms with Crippen LogP contribution in [0.15, 0.2) is 12.3 Å². The van der Waals surface area contributed by atoms with E-state index in [0.717, 1.165) is 0 Å². The topological polar surface area (TPSA) is 84.9 Å². The zero-order valence-electron chi connectivity index (χ0n) is 12.6. The lowest BCUT2D eigenvalue weighted by atomic mass is 10.2. The summed E-state index contributed by atoms with van der Waals surface area (Å²) >= 11 is 0. The zero-order chi connectivity index (χ0) is 15.8. The van der Waals surface area contributed by atoms with Crippen molar-refractivity contribution in [3.63, 3.8) is 0 Å². The molecule has 2 amide bonds. The van der Waals surface area contributed by atoms with Gasteiger partial charge >= 0.3 is 12.0 Å². The van der Waals surface area contributed by atoms with Gasteiger partial charge in [0, 0.05) is 13.2 Å². The summed E-state index contributed by atoms with van der Waals surface area (Å²) in [5.41, 5.74) is 0. The van der Waals surface area contributed by atoms with Gasteiger partial charge in [0.05, 0.1) is 12.0 Å². The quantitative estimate of drug-likeness (QED) is 0.450. The van der Waals surface area contributed by atoms with Crippen LogP contribution in [0, 0.1) is 5.92 Å². The molecule has 1 aliphatic heterocycles. The van der Waals surface area contributed by atoms with Crippen molar-refractivity contribution in [3.05, 3.63) is 12.3 Å². The van der Waals surface area contributed by atoms with E-state index in [2.05, 4.69) is 5.32 Å². The molecular weight excluding hydrogens is 276 g/mol. The highest BCUT2D eigenvalue weighted by Crippen LogP contribution is 2.23. The van der Waals surface area contributed by atoms with Crippen molar-refractivity contribution in [2.24, 2.45) is 5.92 Å². The van der Waals surface area contributed by atoms with Gasteiger partial charge < -0.3 is 14.8 Å². The van der Waals surface area contributed by atoms with Crippen LogP contribution in [0.5, 0.6) is 0 Å². The number of carbonyl (C=O) groups is 3. The molecule has 1 aliphatic rings. The van der Waals surface area contributed by atoms with Crippen LogP contribution in [0.3, 0.4) is 0 Å². The van der Waals surface area contributed by atoms with Gasteiger partial charge in [-0.05, 0) is 18.9 Å². The van der Waals surface area contributed by atoms with Gasteiger partial charge in [-0.1, -0.05) is 13.8 Å². The third-order valence-electron chi connectivity index (χ3n) is 3.05. The van der Waals surface area contributed by atoms with Crippen LogP contribution >= 0.6 is 0 Å². The molecular formula is C14H22N2O5. The molecule has 0 saturated carbocycles. The predicted molar refractivity (Wildman–Crippen MR) is 75.2 cm³/mol. The molecule has 1 rings (SSSR count). The molecule has 0 radical (unpaired) electrons. The summed E-state index contributed by atoms with van der Waals surface area (Å²) in [5, 5.41) is 2.49. The van der Waals surface area contributed by atoms with E-state index in [1.54, 1.807) is 13.8 Å². The minimum absolute atomic E-state index is 0.173. The molecule has 1 heterocycles. The van der Waals surface area contributed by atoms with Gasteiger partial charge in [0.15, 0.2) is 0 Å². The van der Waals surface area contributed by atoms with Crippen molar-refractivity contribution in [2.75, 3.05) is 13.7 Å². The van der Waals surface area contributed by atoms with Crippen molar-refractivity contribution < 1.29 is 23.9 Å². The summed E-state index contributed by atoms with van der Waals surface area (Å²) in [6.07, 6.45) is 3.77. The summed E-state index contributed by atoms with van der Waals surface area (Å²) < 4.78 is 10.8. The highest BCUT2D eigenvalue weighted by atomic mass is 16.6. The van der Waals surface area contributed by atoms with Crippen LogP contribution in [-0.4, -0.2) is 49.2 Å².